The van der Waals surface area contributed by atoms with E-state index in [0.717, 1.165) is 20.8 Å². The minimum Gasteiger partial charge on any atom is -0.394 e. The summed E-state index contributed by atoms with van der Waals surface area (Å²) in [5, 5.41) is 89.7. The molecule has 0 aromatic carbocycles. The summed E-state index contributed by atoms with van der Waals surface area (Å²) < 4.78 is 50.5. The number of rotatable bonds is 16. The normalized spacial score (nSPS) is 39.0. The molecule has 0 aromatic heterocycles. The number of aliphatic hydroxyl groups is 8. The van der Waals surface area contributed by atoms with Gasteiger partial charge in [-0.05, 0) is 0 Å². The van der Waals surface area contributed by atoms with Crippen molar-refractivity contribution >= 4 is 25.5 Å². The van der Waals surface area contributed by atoms with E-state index in [1.165, 1.54) is 0 Å². The molecule has 3 rings (SSSR count). The summed E-state index contributed by atoms with van der Waals surface area (Å²) in [6.07, 6.45) is -21.5. The van der Waals surface area contributed by atoms with Crippen LogP contribution in [0.25, 0.3) is 0 Å². The largest absolute Gasteiger partial charge is 0.469 e. The minimum absolute atomic E-state index is 0.699. The molecule has 16 unspecified atom stereocenters. The Morgan fingerprint density at radius 3 is 1.52 bits per heavy atom. The van der Waals surface area contributed by atoms with Crippen molar-refractivity contribution in [1.82, 2.24) is 16.0 Å². The van der Waals surface area contributed by atoms with Gasteiger partial charge in [0.25, 0.3) is 0 Å². The summed E-state index contributed by atoms with van der Waals surface area (Å²) in [5.74, 6) is -2.15. The fourth-order valence-electron chi connectivity index (χ4n) is 5.79. The second kappa shape index (κ2) is 19.5. The Hall–Kier alpha value is -2.04. The maximum atomic E-state index is 12.4. The van der Waals surface area contributed by atoms with Crippen LogP contribution in [0.5, 0.6) is 0 Å². The highest BCUT2D eigenvalue weighted by molar-refractivity contribution is 7.46. The van der Waals surface area contributed by atoms with Crippen LogP contribution in [0.1, 0.15) is 20.8 Å². The predicted molar refractivity (Wildman–Crippen MR) is 164 cm³/mol. The molecule has 0 radical (unpaired) electrons. The average molecular weight is 782 g/mol. The summed E-state index contributed by atoms with van der Waals surface area (Å²) in [7, 11) is -5.17. The lowest BCUT2D eigenvalue weighted by Gasteiger charge is -2.48. The highest BCUT2D eigenvalue weighted by Crippen LogP contribution is 2.36. The Bertz CT molecular complexity index is 1230. The van der Waals surface area contributed by atoms with Gasteiger partial charge < -0.3 is 95.0 Å². The molecule has 3 saturated heterocycles. The highest BCUT2D eigenvalue weighted by Gasteiger charge is 2.53. The van der Waals surface area contributed by atoms with Crippen molar-refractivity contribution in [2.45, 2.75) is 119 Å². The summed E-state index contributed by atoms with van der Waals surface area (Å²) in [4.78, 5) is 54.9. The van der Waals surface area contributed by atoms with Gasteiger partial charge in [0.2, 0.25) is 17.7 Å². The van der Waals surface area contributed by atoms with E-state index in [0.29, 0.717) is 0 Å². The third kappa shape index (κ3) is 11.7. The fourth-order valence-corrected chi connectivity index (χ4v) is 6.15. The number of phosphoric acid groups is 1. The van der Waals surface area contributed by atoms with Crippen LogP contribution in [0, 0.1) is 0 Å². The van der Waals surface area contributed by atoms with Gasteiger partial charge in [0.15, 0.2) is 18.9 Å². The zero-order valence-corrected chi connectivity index (χ0v) is 29.1. The molecular weight excluding hydrogens is 733 g/mol. The van der Waals surface area contributed by atoms with Gasteiger partial charge in [0, 0.05) is 20.8 Å². The monoisotopic (exact) mass is 781 g/mol. The molecule has 0 aliphatic carbocycles. The summed E-state index contributed by atoms with van der Waals surface area (Å²) in [5.41, 5.74) is 0. The maximum absolute atomic E-state index is 12.4. The zero-order valence-electron chi connectivity index (χ0n) is 28.2. The first kappa shape index (κ1) is 44.4. The Labute approximate surface area is 296 Å². The number of nitrogens with one attached hydrogen (secondary N) is 3. The minimum atomic E-state index is -5.17. The van der Waals surface area contributed by atoms with E-state index < -0.39 is 157 Å². The van der Waals surface area contributed by atoms with Crippen molar-refractivity contribution in [3.05, 3.63) is 0 Å². The molecule has 302 valence electrons. The van der Waals surface area contributed by atoms with Gasteiger partial charge in [-0.1, -0.05) is 0 Å². The third-order valence-electron chi connectivity index (χ3n) is 8.22. The Morgan fingerprint density at radius 2 is 1.06 bits per heavy atom. The van der Waals surface area contributed by atoms with Gasteiger partial charge in [-0.15, -0.1) is 0 Å². The molecule has 3 amide bonds. The first-order chi connectivity index (χ1) is 24.3. The molecule has 0 aromatic rings. The summed E-state index contributed by atoms with van der Waals surface area (Å²) >= 11 is 0. The van der Waals surface area contributed by atoms with E-state index in [1.54, 1.807) is 0 Å². The standard InChI is InChI=1S/C27H48N3O21P/c1-9(34)28-16-22(40)19(37)13(4-31)49-26(16)47-12(8-46-52(42,43)44)7-45-25-18(30-11(3)36)24(21(39)15(6-33)48-25)51-27-17(29-10(2)35)23(41)20(38)14(5-32)50-27/h12-27,31-33,37-41H,4-8H2,1-3H3,(H,28,34)(H,29,35)(H,30,36)(H2,42,43,44). The van der Waals surface area contributed by atoms with Gasteiger partial charge >= 0.3 is 7.82 Å². The zero-order chi connectivity index (χ0) is 39.1. The second-order valence-electron chi connectivity index (χ2n) is 12.3. The van der Waals surface area contributed by atoms with E-state index in [9.17, 15) is 69.6 Å². The van der Waals surface area contributed by atoms with Gasteiger partial charge in [0.1, 0.15) is 79.2 Å². The highest BCUT2D eigenvalue weighted by atomic mass is 31.2. The lowest BCUT2D eigenvalue weighted by molar-refractivity contribution is -0.333. The molecule has 25 heteroatoms. The van der Waals surface area contributed by atoms with Crippen LogP contribution >= 0.6 is 7.82 Å². The number of carbonyl (C=O) groups is 3. The molecule has 3 heterocycles. The van der Waals surface area contributed by atoms with Crippen LogP contribution in [-0.2, 0) is 51.9 Å². The van der Waals surface area contributed by atoms with Crippen LogP contribution < -0.4 is 16.0 Å². The van der Waals surface area contributed by atoms with Crippen molar-refractivity contribution in [3.8, 4) is 0 Å². The van der Waals surface area contributed by atoms with Crippen LogP contribution in [0.4, 0.5) is 0 Å². The molecule has 3 aliphatic heterocycles. The van der Waals surface area contributed by atoms with Crippen LogP contribution in [0.2, 0.25) is 0 Å². The van der Waals surface area contributed by atoms with Gasteiger partial charge in [0.05, 0.1) is 33.0 Å². The Kier molecular flexibility index (Phi) is 16.6. The summed E-state index contributed by atoms with van der Waals surface area (Å²) in [6, 6.07) is -4.53. The van der Waals surface area contributed by atoms with E-state index >= 15 is 0 Å². The van der Waals surface area contributed by atoms with Crippen LogP contribution in [0.3, 0.4) is 0 Å². The molecule has 16 atom stereocenters. The lowest BCUT2D eigenvalue weighted by Crippen LogP contribution is -2.69. The molecule has 13 N–H and O–H groups in total. The molecular formula is C27H48N3O21P. The van der Waals surface area contributed by atoms with E-state index in [2.05, 4.69) is 20.5 Å². The van der Waals surface area contributed by atoms with Crippen molar-refractivity contribution in [2.24, 2.45) is 0 Å². The van der Waals surface area contributed by atoms with E-state index in [4.69, 9.17) is 28.4 Å². The first-order valence-corrected chi connectivity index (χ1v) is 17.5. The van der Waals surface area contributed by atoms with E-state index in [-0.39, 0.29) is 0 Å². The quantitative estimate of drug-likeness (QED) is 0.0647. The van der Waals surface area contributed by atoms with Crippen molar-refractivity contribution in [3.63, 3.8) is 0 Å². The van der Waals surface area contributed by atoms with Crippen LogP contribution in [0.15, 0.2) is 0 Å². The number of amides is 3. The van der Waals surface area contributed by atoms with Crippen LogP contribution in [-0.4, -0.2) is 199 Å². The fraction of sp³-hybridized carbons (Fsp3) is 0.889. The number of hydrogen-bond donors (Lipinski definition) is 13. The van der Waals surface area contributed by atoms with Crippen molar-refractivity contribution < 1.29 is 103 Å². The number of ether oxygens (including phenoxy) is 6. The SMILES string of the molecule is CC(=O)NC1C(OC(COC2OC(CO)C(O)C(OC3OC(CO)C(O)C(O)C3NC(C)=O)C2NC(C)=O)COP(=O)(O)O)OC(CO)C(O)C1O. The predicted octanol–water partition coefficient (Wildman–Crippen LogP) is -7.65. The smallest absolute Gasteiger partial charge is 0.394 e. The second-order valence-corrected chi connectivity index (χ2v) is 13.5. The molecule has 3 aliphatic rings. The molecule has 52 heavy (non-hydrogen) atoms. The van der Waals surface area contributed by atoms with Crippen molar-refractivity contribution in [2.75, 3.05) is 33.0 Å². The molecule has 24 nitrogen and oxygen atoms in total. The molecule has 3 fully saturated rings. The van der Waals surface area contributed by atoms with E-state index in [1.807, 2.05) is 0 Å². The summed E-state index contributed by atoms with van der Waals surface area (Å²) in [6.45, 7) is -1.03. The first-order valence-electron chi connectivity index (χ1n) is 15.9. The van der Waals surface area contributed by atoms with Gasteiger partial charge in [-0.2, -0.15) is 0 Å². The van der Waals surface area contributed by atoms with Gasteiger partial charge in [-0.25, -0.2) is 4.57 Å². The average Bonchev–Trinajstić information content (AvgIpc) is 3.06. The van der Waals surface area contributed by atoms with Gasteiger partial charge in [-0.3, -0.25) is 18.9 Å². The number of hydrogen-bond acceptors (Lipinski definition) is 19. The van der Waals surface area contributed by atoms with Crippen molar-refractivity contribution in [1.29, 1.82) is 0 Å². The third-order valence-corrected chi connectivity index (χ3v) is 8.70. The Balaban J connectivity index is 1.93. The Morgan fingerprint density at radius 1 is 0.635 bits per heavy atom. The lowest BCUT2D eigenvalue weighted by atomic mass is 9.94. The number of carbonyl (C=O) groups excluding carboxylic acids is 3. The molecule has 0 spiro atoms. The topological polar surface area (TPSA) is 371 Å². The molecule has 0 saturated carbocycles. The maximum Gasteiger partial charge on any atom is 0.469 e. The molecule has 0 bridgehead atoms. The number of aliphatic hydroxyl groups excluding tert-OH is 8. The number of phosphoric ester groups is 1.